The number of aromatic nitrogens is 1. The number of carboxylic acids is 1. The summed E-state index contributed by atoms with van der Waals surface area (Å²) in [5, 5.41) is 8.89. The quantitative estimate of drug-likeness (QED) is 0.894. The van der Waals surface area contributed by atoms with Gasteiger partial charge in [-0.2, -0.15) is 0 Å². The lowest BCUT2D eigenvalue weighted by Crippen LogP contribution is -2.28. The van der Waals surface area contributed by atoms with Crippen molar-refractivity contribution < 1.29 is 19.5 Å². The highest BCUT2D eigenvalue weighted by Gasteiger charge is 2.34. The summed E-state index contributed by atoms with van der Waals surface area (Å²) in [5.41, 5.74) is -0.00988. The monoisotopic (exact) mass is 280 g/mol. The van der Waals surface area contributed by atoms with Gasteiger partial charge in [0, 0.05) is 31.3 Å². The number of carbonyl (C=O) groups is 3. The molecule has 100 valence electrons. The lowest BCUT2D eigenvalue weighted by molar-refractivity contribution is -0.117. The van der Waals surface area contributed by atoms with Gasteiger partial charge in [0.1, 0.15) is 11.4 Å². The molecule has 1 saturated heterocycles. The Hall–Kier alpha value is -1.89. The molecule has 0 aliphatic carbocycles. The van der Waals surface area contributed by atoms with Gasteiger partial charge in [-0.05, 0) is 12.1 Å². The van der Waals surface area contributed by atoms with E-state index in [9.17, 15) is 14.4 Å². The average Bonchev–Trinajstić information content (AvgIpc) is 2.69. The van der Waals surface area contributed by atoms with Gasteiger partial charge in [0.25, 0.3) is 0 Å². The Bertz CT molecular complexity index is 546. The number of amides is 1. The number of hydrogen-bond donors (Lipinski definition) is 1. The van der Waals surface area contributed by atoms with E-state index in [1.54, 1.807) is 0 Å². The molecule has 19 heavy (non-hydrogen) atoms. The van der Waals surface area contributed by atoms with E-state index in [1.807, 2.05) is 0 Å². The summed E-state index contributed by atoms with van der Waals surface area (Å²) >= 11 is 1.10. The van der Waals surface area contributed by atoms with Crippen LogP contribution in [0.15, 0.2) is 18.3 Å². The first-order valence-corrected chi connectivity index (χ1v) is 6.53. The second-order valence-electron chi connectivity index (χ2n) is 4.12. The lowest BCUT2D eigenvalue weighted by Gasteiger charge is -2.16. The van der Waals surface area contributed by atoms with Gasteiger partial charge in [-0.1, -0.05) is 11.8 Å². The van der Waals surface area contributed by atoms with Crippen molar-refractivity contribution >= 4 is 34.6 Å². The Morgan fingerprint density at radius 3 is 2.89 bits per heavy atom. The molecule has 0 saturated carbocycles. The number of carbonyl (C=O) groups excluding carboxylic acids is 2. The van der Waals surface area contributed by atoms with Gasteiger partial charge in [0.2, 0.25) is 5.91 Å². The van der Waals surface area contributed by atoms with Gasteiger partial charge in [-0.3, -0.25) is 14.5 Å². The van der Waals surface area contributed by atoms with E-state index < -0.39 is 5.97 Å². The highest BCUT2D eigenvalue weighted by atomic mass is 32.2. The van der Waals surface area contributed by atoms with Crippen LogP contribution < -0.4 is 4.90 Å². The third kappa shape index (κ3) is 2.93. The molecule has 7 heteroatoms. The average molecular weight is 280 g/mol. The van der Waals surface area contributed by atoms with E-state index in [0.717, 1.165) is 11.8 Å². The Balaban J connectivity index is 2.26. The standard InChI is InChI=1S/C12H12N2O4S/c1-7(15)19-8-5-10(16)14(6-8)11-9(12(17)18)3-2-4-13-11/h2-4,8H,5-6H2,1H3,(H,17,18). The number of carboxylic acid groups (broad SMARTS) is 1. The molecule has 2 rings (SSSR count). The summed E-state index contributed by atoms with van der Waals surface area (Å²) in [6.07, 6.45) is 1.67. The van der Waals surface area contributed by atoms with Gasteiger partial charge in [-0.15, -0.1) is 0 Å². The van der Waals surface area contributed by atoms with Crippen LogP contribution in [-0.4, -0.2) is 38.9 Å². The maximum Gasteiger partial charge on any atom is 0.339 e. The summed E-state index contributed by atoms with van der Waals surface area (Å²) in [6, 6.07) is 2.92. The molecule has 6 nitrogen and oxygen atoms in total. The van der Waals surface area contributed by atoms with Gasteiger partial charge >= 0.3 is 5.97 Å². The second-order valence-corrected chi connectivity index (χ2v) is 5.60. The maximum absolute atomic E-state index is 11.9. The van der Waals surface area contributed by atoms with Crippen molar-refractivity contribution in [3.63, 3.8) is 0 Å². The first kappa shape index (κ1) is 13.5. The molecule has 1 fully saturated rings. The molecule has 1 aromatic rings. The number of rotatable bonds is 3. The molecule has 1 amide bonds. The Morgan fingerprint density at radius 1 is 1.53 bits per heavy atom. The largest absolute Gasteiger partial charge is 0.478 e. The summed E-state index contributed by atoms with van der Waals surface area (Å²) in [4.78, 5) is 39.4. The third-order valence-corrected chi connectivity index (χ3v) is 3.68. The van der Waals surface area contributed by atoms with Gasteiger partial charge in [0.05, 0.1) is 0 Å². The van der Waals surface area contributed by atoms with Crippen LogP contribution in [0.2, 0.25) is 0 Å². The zero-order chi connectivity index (χ0) is 14.0. The fourth-order valence-corrected chi connectivity index (χ4v) is 2.89. The van der Waals surface area contributed by atoms with Crippen LogP contribution in [-0.2, 0) is 9.59 Å². The molecule has 0 spiro atoms. The van der Waals surface area contributed by atoms with Crippen LogP contribution in [0.3, 0.4) is 0 Å². The van der Waals surface area contributed by atoms with Crippen molar-refractivity contribution in [2.24, 2.45) is 0 Å². The topological polar surface area (TPSA) is 87.6 Å². The Morgan fingerprint density at radius 2 is 2.26 bits per heavy atom. The molecule has 1 unspecified atom stereocenters. The van der Waals surface area contributed by atoms with Crippen LogP contribution >= 0.6 is 11.8 Å². The SMILES string of the molecule is CC(=O)SC1CC(=O)N(c2ncccc2C(=O)O)C1. The van der Waals surface area contributed by atoms with E-state index in [2.05, 4.69) is 4.98 Å². The van der Waals surface area contributed by atoms with Gasteiger partial charge in [-0.25, -0.2) is 9.78 Å². The maximum atomic E-state index is 11.9. The summed E-state index contributed by atoms with van der Waals surface area (Å²) in [5.74, 6) is -1.19. The predicted octanol–water partition coefficient (Wildman–Crippen LogP) is 1.16. The first-order valence-electron chi connectivity index (χ1n) is 5.65. The summed E-state index contributed by atoms with van der Waals surface area (Å²) in [7, 11) is 0. The number of nitrogens with zero attached hydrogens (tertiary/aromatic N) is 2. The molecule has 0 radical (unpaired) electrons. The lowest BCUT2D eigenvalue weighted by atomic mass is 10.2. The molecule has 2 heterocycles. The number of anilines is 1. The van der Waals surface area contributed by atoms with Crippen LogP contribution in [0.5, 0.6) is 0 Å². The summed E-state index contributed by atoms with van der Waals surface area (Å²) in [6.45, 7) is 1.75. The molecule has 1 aliphatic rings. The van der Waals surface area contributed by atoms with E-state index in [-0.39, 0.29) is 34.1 Å². The second kappa shape index (κ2) is 5.40. The molecule has 1 aromatic heterocycles. The van der Waals surface area contributed by atoms with Gasteiger partial charge < -0.3 is 5.11 Å². The Labute approximate surface area is 113 Å². The van der Waals surface area contributed by atoms with Crippen LogP contribution in [0.1, 0.15) is 23.7 Å². The first-order chi connectivity index (χ1) is 8.99. The predicted molar refractivity (Wildman–Crippen MR) is 70.2 cm³/mol. The molecular formula is C12H12N2O4S. The van der Waals surface area contributed by atoms with Gasteiger partial charge in [0.15, 0.2) is 5.12 Å². The molecule has 1 aliphatic heterocycles. The fraction of sp³-hybridized carbons (Fsp3) is 0.333. The van der Waals surface area contributed by atoms with Crippen molar-refractivity contribution in [2.75, 3.05) is 11.4 Å². The zero-order valence-corrected chi connectivity index (χ0v) is 11.0. The minimum Gasteiger partial charge on any atom is -0.478 e. The Kier molecular flexibility index (Phi) is 3.84. The third-order valence-electron chi connectivity index (χ3n) is 2.69. The highest BCUT2D eigenvalue weighted by Crippen LogP contribution is 2.29. The minimum atomic E-state index is -1.13. The number of hydrogen-bond acceptors (Lipinski definition) is 5. The highest BCUT2D eigenvalue weighted by molar-refractivity contribution is 8.14. The summed E-state index contributed by atoms with van der Waals surface area (Å²) < 4.78 is 0. The zero-order valence-electron chi connectivity index (χ0n) is 10.2. The van der Waals surface area contributed by atoms with E-state index >= 15 is 0 Å². The van der Waals surface area contributed by atoms with Crippen molar-refractivity contribution in [1.82, 2.24) is 4.98 Å². The number of pyridine rings is 1. The van der Waals surface area contributed by atoms with Crippen LogP contribution in [0.4, 0.5) is 5.82 Å². The van der Waals surface area contributed by atoms with Crippen molar-refractivity contribution in [3.8, 4) is 0 Å². The van der Waals surface area contributed by atoms with Crippen molar-refractivity contribution in [2.45, 2.75) is 18.6 Å². The molecule has 0 bridgehead atoms. The smallest absolute Gasteiger partial charge is 0.339 e. The molecule has 1 N–H and O–H groups in total. The minimum absolute atomic E-state index is 0.00988. The molecule has 0 aromatic carbocycles. The van der Waals surface area contributed by atoms with Crippen LogP contribution in [0.25, 0.3) is 0 Å². The van der Waals surface area contributed by atoms with Crippen molar-refractivity contribution in [3.05, 3.63) is 23.9 Å². The van der Waals surface area contributed by atoms with E-state index in [1.165, 1.54) is 30.2 Å². The van der Waals surface area contributed by atoms with Crippen molar-refractivity contribution in [1.29, 1.82) is 0 Å². The fourth-order valence-electron chi connectivity index (χ4n) is 1.97. The van der Waals surface area contributed by atoms with E-state index in [0.29, 0.717) is 6.54 Å². The van der Waals surface area contributed by atoms with Crippen LogP contribution in [0, 0.1) is 0 Å². The number of thioether (sulfide) groups is 1. The van der Waals surface area contributed by atoms with E-state index in [4.69, 9.17) is 5.11 Å². The molecule has 1 atom stereocenters. The number of aromatic carboxylic acids is 1. The molecular weight excluding hydrogens is 268 g/mol. The normalized spacial score (nSPS) is 18.7.